The van der Waals surface area contributed by atoms with E-state index < -0.39 is 0 Å². The minimum absolute atomic E-state index is 0.222. The fraction of sp³-hybridized carbons (Fsp3) is 0.778. The minimum atomic E-state index is 0.222. The van der Waals surface area contributed by atoms with Crippen LogP contribution in [0, 0.1) is 0 Å². The van der Waals surface area contributed by atoms with Crippen molar-refractivity contribution in [2.45, 2.75) is 46.6 Å². The Morgan fingerprint density at radius 1 is 1.40 bits per heavy atom. The molecule has 0 amide bonds. The molecule has 0 radical (unpaired) electrons. The largest absolute Gasteiger partial charge is 0.324 e. The van der Waals surface area contributed by atoms with Crippen LogP contribution in [-0.4, -0.2) is 6.04 Å². The molecule has 0 aromatic heterocycles. The summed E-state index contributed by atoms with van der Waals surface area (Å²) in [6.45, 7) is 12.0. The average molecular weight is 143 g/mol. The Labute approximate surface area is 65.3 Å². The van der Waals surface area contributed by atoms with E-state index in [0.29, 0.717) is 0 Å². The molecule has 0 bridgehead atoms. The van der Waals surface area contributed by atoms with Crippen molar-refractivity contribution in [3.05, 3.63) is 12.2 Å². The van der Waals surface area contributed by atoms with Gasteiger partial charge in [-0.3, -0.25) is 0 Å². The smallest absolute Gasteiger partial charge is 0.0248 e. The van der Waals surface area contributed by atoms with Crippen LogP contribution in [0.2, 0.25) is 0 Å². The molecule has 1 nitrogen and oxygen atoms in total. The molecule has 1 atom stereocenters. The van der Waals surface area contributed by atoms with Crippen LogP contribution in [0.3, 0.4) is 0 Å². The molecule has 1 unspecified atom stereocenters. The van der Waals surface area contributed by atoms with Crippen LogP contribution in [0.15, 0.2) is 12.2 Å². The molecule has 62 valence electrons. The van der Waals surface area contributed by atoms with E-state index in [1.165, 1.54) is 0 Å². The van der Waals surface area contributed by atoms with Crippen molar-refractivity contribution < 1.29 is 0 Å². The summed E-state index contributed by atoms with van der Waals surface area (Å²) in [6, 6.07) is 0.222. The molecular formula is C9H21N. The normalized spacial score (nSPS) is 11.3. The van der Waals surface area contributed by atoms with Crippen molar-refractivity contribution in [2.24, 2.45) is 5.73 Å². The van der Waals surface area contributed by atoms with Gasteiger partial charge in [0.25, 0.3) is 0 Å². The van der Waals surface area contributed by atoms with E-state index in [1.54, 1.807) is 0 Å². The molecule has 0 aromatic rings. The van der Waals surface area contributed by atoms with Gasteiger partial charge in [-0.05, 0) is 12.8 Å². The van der Waals surface area contributed by atoms with Crippen molar-refractivity contribution >= 4 is 0 Å². The molecule has 10 heavy (non-hydrogen) atoms. The molecule has 1 heteroatoms. The maximum absolute atomic E-state index is 5.63. The quantitative estimate of drug-likeness (QED) is 0.604. The summed E-state index contributed by atoms with van der Waals surface area (Å²) in [5.41, 5.74) is 6.79. The van der Waals surface area contributed by atoms with Crippen LogP contribution in [0.4, 0.5) is 0 Å². The first-order valence-electron chi connectivity index (χ1n) is 4.15. The van der Waals surface area contributed by atoms with Gasteiger partial charge in [0.2, 0.25) is 0 Å². The van der Waals surface area contributed by atoms with E-state index in [1.807, 2.05) is 13.8 Å². The standard InChI is InChI=1S/C7H15N.C2H6/c1-4-6(3)7(8)5-2;1-2/h7H,3-5,8H2,1-2H3;1-2H3. The van der Waals surface area contributed by atoms with Gasteiger partial charge in [0, 0.05) is 6.04 Å². The lowest BCUT2D eigenvalue weighted by atomic mass is 10.1. The predicted octanol–water partition coefficient (Wildman–Crippen LogP) is 2.72. The van der Waals surface area contributed by atoms with Crippen LogP contribution in [-0.2, 0) is 0 Å². The third-order valence-corrected chi connectivity index (χ3v) is 1.42. The monoisotopic (exact) mass is 143 g/mol. The van der Waals surface area contributed by atoms with Crippen LogP contribution >= 0.6 is 0 Å². The Balaban J connectivity index is 0. The van der Waals surface area contributed by atoms with Crippen LogP contribution in [0.1, 0.15) is 40.5 Å². The Morgan fingerprint density at radius 2 is 1.80 bits per heavy atom. The molecule has 0 rings (SSSR count). The topological polar surface area (TPSA) is 26.0 Å². The number of hydrogen-bond acceptors (Lipinski definition) is 1. The highest BCUT2D eigenvalue weighted by Crippen LogP contribution is 2.03. The molecule has 0 saturated heterocycles. The minimum Gasteiger partial charge on any atom is -0.324 e. The van der Waals surface area contributed by atoms with E-state index in [-0.39, 0.29) is 6.04 Å². The zero-order valence-electron chi connectivity index (χ0n) is 7.78. The van der Waals surface area contributed by atoms with Crippen molar-refractivity contribution in [3.8, 4) is 0 Å². The summed E-state index contributed by atoms with van der Waals surface area (Å²) < 4.78 is 0. The van der Waals surface area contributed by atoms with Gasteiger partial charge in [0.15, 0.2) is 0 Å². The molecule has 0 aliphatic carbocycles. The first kappa shape index (κ1) is 12.4. The molecule has 0 aliphatic heterocycles. The van der Waals surface area contributed by atoms with Crippen LogP contribution in [0.25, 0.3) is 0 Å². The number of hydrogen-bond donors (Lipinski definition) is 1. The van der Waals surface area contributed by atoms with Crippen LogP contribution < -0.4 is 5.73 Å². The summed E-state index contributed by atoms with van der Waals surface area (Å²) in [5, 5.41) is 0. The highest BCUT2D eigenvalue weighted by molar-refractivity contribution is 5.02. The molecule has 0 saturated carbocycles. The van der Waals surface area contributed by atoms with Crippen LogP contribution in [0.5, 0.6) is 0 Å². The van der Waals surface area contributed by atoms with E-state index in [0.717, 1.165) is 18.4 Å². The Hall–Kier alpha value is -0.300. The number of rotatable bonds is 3. The summed E-state index contributed by atoms with van der Waals surface area (Å²) in [4.78, 5) is 0. The summed E-state index contributed by atoms with van der Waals surface area (Å²) in [5.74, 6) is 0. The lowest BCUT2D eigenvalue weighted by Crippen LogP contribution is -2.20. The fourth-order valence-corrected chi connectivity index (χ4v) is 0.551. The second-order valence-corrected chi connectivity index (χ2v) is 2.03. The van der Waals surface area contributed by atoms with Gasteiger partial charge in [-0.25, -0.2) is 0 Å². The predicted molar refractivity (Wildman–Crippen MR) is 49.0 cm³/mol. The van der Waals surface area contributed by atoms with Crippen molar-refractivity contribution in [1.82, 2.24) is 0 Å². The van der Waals surface area contributed by atoms with E-state index in [4.69, 9.17) is 5.73 Å². The Kier molecular flexibility index (Phi) is 10.8. The lowest BCUT2D eigenvalue weighted by Gasteiger charge is -2.08. The van der Waals surface area contributed by atoms with Gasteiger partial charge < -0.3 is 5.73 Å². The van der Waals surface area contributed by atoms with Gasteiger partial charge in [-0.15, -0.1) is 0 Å². The molecule has 0 heterocycles. The molecule has 0 fully saturated rings. The fourth-order valence-electron chi connectivity index (χ4n) is 0.551. The van der Waals surface area contributed by atoms with Crippen molar-refractivity contribution in [2.75, 3.05) is 0 Å². The Morgan fingerprint density at radius 3 is 1.90 bits per heavy atom. The maximum atomic E-state index is 5.63. The van der Waals surface area contributed by atoms with Gasteiger partial charge in [0.05, 0.1) is 0 Å². The molecule has 0 spiro atoms. The SMILES string of the molecule is C=C(CC)C(N)CC.CC. The lowest BCUT2D eigenvalue weighted by molar-refractivity contribution is 0.717. The summed E-state index contributed by atoms with van der Waals surface area (Å²) in [7, 11) is 0. The highest BCUT2D eigenvalue weighted by atomic mass is 14.6. The molecular weight excluding hydrogens is 122 g/mol. The Bertz CT molecular complexity index is 76.8. The second kappa shape index (κ2) is 8.70. The van der Waals surface area contributed by atoms with E-state index in [2.05, 4.69) is 20.4 Å². The molecule has 2 N–H and O–H groups in total. The van der Waals surface area contributed by atoms with Crippen molar-refractivity contribution in [1.29, 1.82) is 0 Å². The van der Waals surface area contributed by atoms with Gasteiger partial charge in [-0.1, -0.05) is 39.8 Å². The third-order valence-electron chi connectivity index (χ3n) is 1.42. The van der Waals surface area contributed by atoms with Gasteiger partial charge >= 0.3 is 0 Å². The molecule has 0 aromatic carbocycles. The zero-order valence-corrected chi connectivity index (χ0v) is 7.78. The first-order chi connectivity index (χ1) is 4.72. The van der Waals surface area contributed by atoms with Gasteiger partial charge in [0.1, 0.15) is 0 Å². The second-order valence-electron chi connectivity index (χ2n) is 2.03. The van der Waals surface area contributed by atoms with E-state index >= 15 is 0 Å². The molecule has 0 aliphatic rings. The first-order valence-corrected chi connectivity index (χ1v) is 4.15. The van der Waals surface area contributed by atoms with Gasteiger partial charge in [-0.2, -0.15) is 0 Å². The summed E-state index contributed by atoms with van der Waals surface area (Å²) in [6.07, 6.45) is 2.02. The van der Waals surface area contributed by atoms with E-state index in [9.17, 15) is 0 Å². The number of nitrogens with two attached hydrogens (primary N) is 1. The highest BCUT2D eigenvalue weighted by Gasteiger charge is 1.99. The third kappa shape index (κ3) is 5.83. The zero-order chi connectivity index (χ0) is 8.57. The maximum Gasteiger partial charge on any atom is 0.0248 e. The average Bonchev–Trinajstić information content (AvgIpc) is 2.05. The van der Waals surface area contributed by atoms with Crippen molar-refractivity contribution in [3.63, 3.8) is 0 Å². The summed E-state index contributed by atoms with van der Waals surface area (Å²) >= 11 is 0.